The molecule has 0 bridgehead atoms. The van der Waals surface area contributed by atoms with E-state index in [1.54, 1.807) is 0 Å². The van der Waals surface area contributed by atoms with Crippen molar-refractivity contribution < 1.29 is 4.79 Å². The van der Waals surface area contributed by atoms with Crippen LogP contribution in [0.2, 0.25) is 0 Å². The number of benzene rings is 1. The highest BCUT2D eigenvalue weighted by Gasteiger charge is 2.24. The van der Waals surface area contributed by atoms with Gasteiger partial charge in [0.15, 0.2) is 5.82 Å². The van der Waals surface area contributed by atoms with Gasteiger partial charge in [0.25, 0.3) is 0 Å². The summed E-state index contributed by atoms with van der Waals surface area (Å²) in [5, 5.41) is 11.3. The Morgan fingerprint density at radius 2 is 2.14 bits per heavy atom. The fourth-order valence-corrected chi connectivity index (χ4v) is 2.84. The Morgan fingerprint density at radius 1 is 1.36 bits per heavy atom. The van der Waals surface area contributed by atoms with Crippen LogP contribution in [0, 0.1) is 0 Å². The molecule has 2 aromatic rings. The summed E-state index contributed by atoms with van der Waals surface area (Å²) in [4.78, 5) is 12.3. The van der Waals surface area contributed by atoms with Crippen LogP contribution < -0.4 is 11.1 Å². The Labute approximate surface area is 129 Å². The summed E-state index contributed by atoms with van der Waals surface area (Å²) >= 11 is 0. The molecule has 22 heavy (non-hydrogen) atoms. The molecule has 0 radical (unpaired) electrons. The van der Waals surface area contributed by atoms with E-state index in [-0.39, 0.29) is 11.9 Å². The van der Waals surface area contributed by atoms with Gasteiger partial charge >= 0.3 is 0 Å². The lowest BCUT2D eigenvalue weighted by Crippen LogP contribution is -2.43. The smallest absolute Gasteiger partial charge is 0.237 e. The molecule has 116 valence electrons. The fourth-order valence-electron chi connectivity index (χ4n) is 2.84. The summed E-state index contributed by atoms with van der Waals surface area (Å²) in [5.41, 5.74) is 7.07. The molecule has 3 rings (SSSR count). The molecule has 0 saturated carbocycles. The molecule has 1 aromatic heterocycles. The van der Waals surface area contributed by atoms with Crippen LogP contribution >= 0.6 is 0 Å². The lowest BCUT2D eigenvalue weighted by molar-refractivity contribution is -0.123. The minimum atomic E-state index is -0.564. The van der Waals surface area contributed by atoms with Gasteiger partial charge in [0.1, 0.15) is 5.82 Å². The molecular formula is C16H21N5O. The Hall–Kier alpha value is -2.21. The molecular weight excluding hydrogens is 278 g/mol. The molecule has 3 N–H and O–H groups in total. The van der Waals surface area contributed by atoms with Gasteiger partial charge in [0, 0.05) is 13.0 Å². The number of hydrogen-bond donors (Lipinski definition) is 2. The third kappa shape index (κ3) is 3.01. The van der Waals surface area contributed by atoms with E-state index in [0.29, 0.717) is 6.42 Å². The second-order valence-corrected chi connectivity index (χ2v) is 5.76. The number of amides is 1. The number of nitrogens with two attached hydrogens (primary N) is 1. The largest absolute Gasteiger partial charge is 0.345 e. The van der Waals surface area contributed by atoms with E-state index in [1.165, 1.54) is 0 Å². The number of carbonyl (C=O) groups excluding carboxylic acids is 1. The predicted molar refractivity (Wildman–Crippen MR) is 83.0 cm³/mol. The van der Waals surface area contributed by atoms with E-state index in [0.717, 1.165) is 36.6 Å². The van der Waals surface area contributed by atoms with Crippen molar-refractivity contribution in [2.24, 2.45) is 5.73 Å². The molecule has 1 aliphatic heterocycles. The highest BCUT2D eigenvalue weighted by atomic mass is 16.2. The van der Waals surface area contributed by atoms with Crippen molar-refractivity contribution in [1.29, 1.82) is 0 Å². The van der Waals surface area contributed by atoms with Crippen LogP contribution in [0.15, 0.2) is 30.3 Å². The summed E-state index contributed by atoms with van der Waals surface area (Å²) in [5.74, 6) is 1.66. The van der Waals surface area contributed by atoms with E-state index in [4.69, 9.17) is 5.73 Å². The first-order chi connectivity index (χ1) is 10.6. The molecule has 1 aliphatic rings. The van der Waals surface area contributed by atoms with Crippen molar-refractivity contribution in [1.82, 2.24) is 20.1 Å². The first-order valence-corrected chi connectivity index (χ1v) is 7.67. The van der Waals surface area contributed by atoms with Crippen molar-refractivity contribution in [3.05, 3.63) is 47.5 Å². The molecule has 0 spiro atoms. The Bertz CT molecular complexity index is 652. The minimum Gasteiger partial charge on any atom is -0.345 e. The number of fused-ring (bicyclic) bond motifs is 1. The molecule has 0 fully saturated rings. The maximum absolute atomic E-state index is 12.3. The van der Waals surface area contributed by atoms with Crippen LogP contribution in [0.5, 0.6) is 0 Å². The van der Waals surface area contributed by atoms with Gasteiger partial charge in [0.05, 0.1) is 12.1 Å². The zero-order chi connectivity index (χ0) is 15.5. The third-order valence-electron chi connectivity index (χ3n) is 4.02. The van der Waals surface area contributed by atoms with Gasteiger partial charge in [-0.1, -0.05) is 30.3 Å². The number of nitrogens with zero attached hydrogens (tertiary/aromatic N) is 3. The molecule has 2 heterocycles. The van der Waals surface area contributed by atoms with E-state index in [2.05, 4.69) is 20.1 Å². The van der Waals surface area contributed by atoms with Crippen LogP contribution in [0.3, 0.4) is 0 Å². The molecule has 6 heteroatoms. The number of aryl methyl sites for hydroxylation is 1. The van der Waals surface area contributed by atoms with Crippen molar-refractivity contribution >= 4 is 5.91 Å². The van der Waals surface area contributed by atoms with Gasteiger partial charge in [-0.15, -0.1) is 10.2 Å². The van der Waals surface area contributed by atoms with E-state index in [9.17, 15) is 4.79 Å². The predicted octanol–water partition coefficient (Wildman–Crippen LogP) is 0.971. The topological polar surface area (TPSA) is 85.8 Å². The molecule has 0 aliphatic carbocycles. The average molecular weight is 299 g/mol. The summed E-state index contributed by atoms with van der Waals surface area (Å²) < 4.78 is 2.09. The van der Waals surface area contributed by atoms with Gasteiger partial charge in [-0.2, -0.15) is 0 Å². The zero-order valence-corrected chi connectivity index (χ0v) is 12.7. The summed E-state index contributed by atoms with van der Waals surface area (Å²) in [6, 6.07) is 9.04. The lowest BCUT2D eigenvalue weighted by Gasteiger charge is -2.17. The molecule has 1 amide bonds. The van der Waals surface area contributed by atoms with E-state index < -0.39 is 6.04 Å². The second kappa shape index (κ2) is 6.27. The maximum Gasteiger partial charge on any atom is 0.237 e. The first-order valence-electron chi connectivity index (χ1n) is 7.67. The van der Waals surface area contributed by atoms with Crippen LogP contribution in [0.4, 0.5) is 0 Å². The minimum absolute atomic E-state index is 0.160. The fraction of sp³-hybridized carbons (Fsp3) is 0.438. The van der Waals surface area contributed by atoms with Gasteiger partial charge in [0.2, 0.25) is 5.91 Å². The molecule has 2 unspecified atom stereocenters. The van der Waals surface area contributed by atoms with E-state index >= 15 is 0 Å². The molecule has 2 atom stereocenters. The Kier molecular flexibility index (Phi) is 4.20. The number of nitrogens with one attached hydrogen (secondary N) is 1. The monoisotopic (exact) mass is 299 g/mol. The number of aromatic nitrogens is 3. The average Bonchev–Trinajstić information content (AvgIpc) is 3.10. The zero-order valence-electron chi connectivity index (χ0n) is 12.7. The normalized spacial score (nSPS) is 16.1. The summed E-state index contributed by atoms with van der Waals surface area (Å²) in [6.07, 6.45) is 2.57. The van der Waals surface area contributed by atoms with Crippen molar-refractivity contribution in [2.45, 2.75) is 44.8 Å². The molecule has 0 saturated heterocycles. The van der Waals surface area contributed by atoms with Gasteiger partial charge in [-0.05, 0) is 25.3 Å². The van der Waals surface area contributed by atoms with Crippen molar-refractivity contribution in [2.75, 3.05) is 0 Å². The van der Waals surface area contributed by atoms with Crippen LogP contribution in [-0.2, 0) is 24.2 Å². The summed E-state index contributed by atoms with van der Waals surface area (Å²) in [6.45, 7) is 2.84. The third-order valence-corrected chi connectivity index (χ3v) is 4.02. The van der Waals surface area contributed by atoms with Crippen molar-refractivity contribution in [3.8, 4) is 0 Å². The highest BCUT2D eigenvalue weighted by Crippen LogP contribution is 2.18. The number of rotatable bonds is 5. The van der Waals surface area contributed by atoms with Crippen molar-refractivity contribution in [3.63, 3.8) is 0 Å². The first kappa shape index (κ1) is 14.7. The van der Waals surface area contributed by atoms with Crippen LogP contribution in [-0.4, -0.2) is 26.7 Å². The summed E-state index contributed by atoms with van der Waals surface area (Å²) in [7, 11) is 0. The Morgan fingerprint density at radius 3 is 2.91 bits per heavy atom. The quantitative estimate of drug-likeness (QED) is 0.861. The standard InChI is InChI=1S/C16H21N5O/c1-11(15-20-19-14-8-5-9-21(14)15)18-16(22)13(17)10-12-6-3-2-4-7-12/h2-4,6-7,11,13H,5,8-10,17H2,1H3,(H,18,22). The van der Waals surface area contributed by atoms with Crippen LogP contribution in [0.25, 0.3) is 0 Å². The lowest BCUT2D eigenvalue weighted by atomic mass is 10.1. The second-order valence-electron chi connectivity index (χ2n) is 5.76. The Balaban J connectivity index is 1.61. The maximum atomic E-state index is 12.3. The molecule has 1 aromatic carbocycles. The van der Waals surface area contributed by atoms with Gasteiger partial charge < -0.3 is 15.6 Å². The number of carbonyl (C=O) groups is 1. The molecule has 6 nitrogen and oxygen atoms in total. The van der Waals surface area contributed by atoms with E-state index in [1.807, 2.05) is 37.3 Å². The SMILES string of the molecule is CC(NC(=O)C(N)Cc1ccccc1)c1nnc2n1CCC2. The highest BCUT2D eigenvalue weighted by molar-refractivity contribution is 5.82. The van der Waals surface area contributed by atoms with Crippen LogP contribution in [0.1, 0.15) is 36.6 Å². The number of hydrogen-bond acceptors (Lipinski definition) is 4. The van der Waals surface area contributed by atoms with Gasteiger partial charge in [-0.25, -0.2) is 0 Å². The van der Waals surface area contributed by atoms with Gasteiger partial charge in [-0.3, -0.25) is 4.79 Å².